The van der Waals surface area contributed by atoms with Gasteiger partial charge >= 0.3 is 0 Å². The van der Waals surface area contributed by atoms with Crippen LogP contribution < -0.4 is 5.32 Å². The van der Waals surface area contributed by atoms with Gasteiger partial charge in [-0.1, -0.05) is 0 Å². The molecule has 0 aromatic heterocycles. The number of amides is 1. The van der Waals surface area contributed by atoms with Crippen LogP contribution in [0.1, 0.15) is 0 Å². The van der Waals surface area contributed by atoms with E-state index in [2.05, 4.69) is 5.32 Å². The minimum absolute atomic E-state index is 0.0735. The topological polar surface area (TPSA) is 32.3 Å². The van der Waals surface area contributed by atoms with Gasteiger partial charge in [0.2, 0.25) is 0 Å². The molecule has 62 valence electrons. The summed E-state index contributed by atoms with van der Waals surface area (Å²) in [6, 6.07) is -0.109. The molecule has 1 heterocycles. The monoisotopic (exact) mass is 190 g/mol. The minimum atomic E-state index is -0.109. The van der Waals surface area contributed by atoms with Crippen molar-refractivity contribution in [1.82, 2.24) is 10.2 Å². The first-order valence-corrected chi connectivity index (χ1v) is 5.04. The van der Waals surface area contributed by atoms with Crippen molar-refractivity contribution in [3.8, 4) is 0 Å². The number of nitrogens with one attached hydrogen (secondary N) is 1. The molecule has 1 saturated heterocycles. The molecule has 0 spiro atoms. The van der Waals surface area contributed by atoms with Crippen molar-refractivity contribution in [3.05, 3.63) is 0 Å². The van der Waals surface area contributed by atoms with Gasteiger partial charge in [-0.05, 0) is 18.5 Å². The van der Waals surface area contributed by atoms with Crippen molar-refractivity contribution >= 4 is 35.0 Å². The van der Waals surface area contributed by atoms with Gasteiger partial charge in [-0.25, -0.2) is 0 Å². The lowest BCUT2D eigenvalue weighted by Crippen LogP contribution is -2.31. The van der Waals surface area contributed by atoms with Gasteiger partial charge in [0.1, 0.15) is 6.04 Å². The van der Waals surface area contributed by atoms with Gasteiger partial charge in [0.25, 0.3) is 5.91 Å². The molecule has 1 atom stereocenters. The number of thioether (sulfide) groups is 1. The number of rotatable bonds is 2. The number of likely N-dealkylation sites (N-methyl/N-ethyl adjacent to an activating group) is 1. The van der Waals surface area contributed by atoms with Crippen LogP contribution in [-0.4, -0.2) is 41.0 Å². The zero-order valence-corrected chi connectivity index (χ0v) is 8.09. The van der Waals surface area contributed by atoms with E-state index in [1.807, 2.05) is 6.26 Å². The highest BCUT2D eigenvalue weighted by molar-refractivity contribution is 7.98. The van der Waals surface area contributed by atoms with Gasteiger partial charge in [-0.3, -0.25) is 9.69 Å². The van der Waals surface area contributed by atoms with Crippen LogP contribution in [0.2, 0.25) is 0 Å². The van der Waals surface area contributed by atoms with Crippen LogP contribution in [0.3, 0.4) is 0 Å². The van der Waals surface area contributed by atoms with Crippen molar-refractivity contribution in [2.24, 2.45) is 0 Å². The van der Waals surface area contributed by atoms with E-state index in [4.69, 9.17) is 12.2 Å². The first-order valence-electron chi connectivity index (χ1n) is 3.24. The second-order valence-corrected chi connectivity index (χ2v) is 3.65. The van der Waals surface area contributed by atoms with E-state index in [9.17, 15) is 4.79 Å². The van der Waals surface area contributed by atoms with Crippen LogP contribution in [0.5, 0.6) is 0 Å². The summed E-state index contributed by atoms with van der Waals surface area (Å²) in [5.41, 5.74) is 0. The first-order chi connectivity index (χ1) is 5.16. The SMILES string of the molecule is CSCC1NC(=S)N(C)C1=O. The Balaban J connectivity index is 2.60. The molecular formula is C6H10N2OS2. The third kappa shape index (κ3) is 1.65. The van der Waals surface area contributed by atoms with Crippen LogP contribution in [0.4, 0.5) is 0 Å². The van der Waals surface area contributed by atoms with Gasteiger partial charge in [-0.15, -0.1) is 0 Å². The molecule has 0 radical (unpaired) electrons. The zero-order chi connectivity index (χ0) is 8.43. The van der Waals surface area contributed by atoms with Gasteiger partial charge in [-0.2, -0.15) is 11.8 Å². The molecule has 1 amide bonds. The maximum atomic E-state index is 11.3. The highest BCUT2D eigenvalue weighted by atomic mass is 32.2. The predicted octanol–water partition coefficient (Wildman–Crippen LogP) is 0.0645. The van der Waals surface area contributed by atoms with Gasteiger partial charge in [0.15, 0.2) is 5.11 Å². The Kier molecular flexibility index (Phi) is 2.72. The molecule has 0 aliphatic carbocycles. The van der Waals surface area contributed by atoms with Crippen molar-refractivity contribution in [2.75, 3.05) is 19.1 Å². The Morgan fingerprint density at radius 3 is 2.82 bits per heavy atom. The number of hydrogen-bond donors (Lipinski definition) is 1. The molecule has 5 heteroatoms. The molecule has 0 aromatic rings. The summed E-state index contributed by atoms with van der Waals surface area (Å²) in [5.74, 6) is 0.855. The Morgan fingerprint density at radius 1 is 1.82 bits per heavy atom. The summed E-state index contributed by atoms with van der Waals surface area (Å²) in [4.78, 5) is 12.8. The van der Waals surface area contributed by atoms with Gasteiger partial charge < -0.3 is 5.32 Å². The Morgan fingerprint density at radius 2 is 2.45 bits per heavy atom. The maximum Gasteiger partial charge on any atom is 0.251 e. The number of nitrogens with zero attached hydrogens (tertiary/aromatic N) is 1. The fourth-order valence-corrected chi connectivity index (χ4v) is 1.71. The van der Waals surface area contributed by atoms with Crippen molar-refractivity contribution < 1.29 is 4.79 Å². The van der Waals surface area contributed by atoms with Crippen molar-refractivity contribution in [3.63, 3.8) is 0 Å². The van der Waals surface area contributed by atoms with E-state index >= 15 is 0 Å². The first kappa shape index (κ1) is 8.80. The lowest BCUT2D eigenvalue weighted by molar-refractivity contribution is -0.125. The molecule has 0 aromatic carbocycles. The van der Waals surface area contributed by atoms with Crippen LogP contribution in [0.25, 0.3) is 0 Å². The second-order valence-electron chi connectivity index (χ2n) is 2.35. The molecule has 3 nitrogen and oxygen atoms in total. The van der Waals surface area contributed by atoms with E-state index < -0.39 is 0 Å². The molecule has 1 rings (SSSR count). The zero-order valence-electron chi connectivity index (χ0n) is 6.46. The molecule has 1 N–H and O–H groups in total. The lowest BCUT2D eigenvalue weighted by atomic mass is 10.3. The van der Waals surface area contributed by atoms with E-state index in [-0.39, 0.29) is 11.9 Å². The maximum absolute atomic E-state index is 11.3. The number of carbonyl (C=O) groups is 1. The lowest BCUT2D eigenvalue weighted by Gasteiger charge is -2.05. The fraction of sp³-hybridized carbons (Fsp3) is 0.667. The molecular weight excluding hydrogens is 180 g/mol. The Bertz CT molecular complexity index is 195. The van der Waals surface area contributed by atoms with E-state index in [1.165, 1.54) is 4.90 Å². The Labute approximate surface area is 75.5 Å². The summed E-state index contributed by atoms with van der Waals surface area (Å²) in [6.07, 6.45) is 1.97. The van der Waals surface area contributed by atoms with Crippen molar-refractivity contribution in [1.29, 1.82) is 0 Å². The Hall–Kier alpha value is -0.290. The van der Waals surface area contributed by atoms with Crippen LogP contribution >= 0.6 is 24.0 Å². The highest BCUT2D eigenvalue weighted by Gasteiger charge is 2.31. The molecule has 1 aliphatic heterocycles. The van der Waals surface area contributed by atoms with Gasteiger partial charge in [0, 0.05) is 12.8 Å². The third-order valence-corrected chi connectivity index (χ3v) is 2.62. The standard InChI is InChI=1S/C6H10N2OS2/c1-8-5(9)4(3-11-2)7-6(8)10/h4H,3H2,1-2H3,(H,7,10). The molecule has 11 heavy (non-hydrogen) atoms. The van der Waals surface area contributed by atoms with Crippen LogP contribution in [0, 0.1) is 0 Å². The molecule has 1 unspecified atom stereocenters. The quantitative estimate of drug-likeness (QED) is 0.624. The van der Waals surface area contributed by atoms with E-state index in [0.29, 0.717) is 5.11 Å². The summed E-state index contributed by atoms with van der Waals surface area (Å²) in [6.45, 7) is 0. The highest BCUT2D eigenvalue weighted by Crippen LogP contribution is 2.07. The average Bonchev–Trinajstić information content (AvgIpc) is 2.19. The van der Waals surface area contributed by atoms with E-state index in [0.717, 1.165) is 5.75 Å². The number of thiocarbonyl (C=S) groups is 1. The summed E-state index contributed by atoms with van der Waals surface area (Å²) < 4.78 is 0. The summed E-state index contributed by atoms with van der Waals surface area (Å²) in [7, 11) is 1.69. The minimum Gasteiger partial charge on any atom is -0.350 e. The molecule has 0 saturated carbocycles. The summed E-state index contributed by atoms with van der Waals surface area (Å²) >= 11 is 6.53. The molecule has 1 aliphatic rings. The second kappa shape index (κ2) is 3.40. The molecule has 1 fully saturated rings. The number of carbonyl (C=O) groups excluding carboxylic acids is 1. The predicted molar refractivity (Wildman–Crippen MR) is 50.7 cm³/mol. The van der Waals surface area contributed by atoms with E-state index in [1.54, 1.807) is 18.8 Å². The molecule has 0 bridgehead atoms. The van der Waals surface area contributed by atoms with Crippen molar-refractivity contribution in [2.45, 2.75) is 6.04 Å². The smallest absolute Gasteiger partial charge is 0.251 e. The normalized spacial score (nSPS) is 24.2. The average molecular weight is 190 g/mol. The fourth-order valence-electron chi connectivity index (χ4n) is 0.921. The number of hydrogen-bond acceptors (Lipinski definition) is 3. The van der Waals surface area contributed by atoms with Crippen LogP contribution in [0.15, 0.2) is 0 Å². The van der Waals surface area contributed by atoms with Crippen LogP contribution in [-0.2, 0) is 4.79 Å². The van der Waals surface area contributed by atoms with Gasteiger partial charge in [0.05, 0.1) is 0 Å². The largest absolute Gasteiger partial charge is 0.350 e. The third-order valence-electron chi connectivity index (χ3n) is 1.56. The summed E-state index contributed by atoms with van der Waals surface area (Å²) in [5, 5.41) is 3.48.